The minimum absolute atomic E-state index is 0.0591. The second-order valence-electron chi connectivity index (χ2n) is 6.06. The lowest BCUT2D eigenvalue weighted by molar-refractivity contribution is -0.00539. The van der Waals surface area contributed by atoms with Crippen molar-refractivity contribution in [2.24, 2.45) is 0 Å². The first kappa shape index (κ1) is 18.5. The molecule has 2 rings (SSSR count). The summed E-state index contributed by atoms with van der Waals surface area (Å²) in [6.45, 7) is 6.33. The standard InChI is InChI=1S/C17H26FN3O3/c1-12-10-21(11-13(2)24-12)16-6-5-14(9-15(16)18)20-17(22)19-7-4-8-23-3/h5-6,9,12-13H,4,7-8,10-11H2,1-3H3,(H2,19,20,22)/t12-,13-/m0/s1. The van der Waals surface area contributed by atoms with Crippen LogP contribution in [0.25, 0.3) is 0 Å². The number of halogens is 1. The van der Waals surface area contributed by atoms with Crippen LogP contribution in [0.3, 0.4) is 0 Å². The number of urea groups is 1. The predicted octanol–water partition coefficient (Wildman–Crippen LogP) is 2.60. The number of hydrogen-bond donors (Lipinski definition) is 2. The normalized spacial score (nSPS) is 20.8. The molecule has 24 heavy (non-hydrogen) atoms. The van der Waals surface area contributed by atoms with E-state index >= 15 is 0 Å². The summed E-state index contributed by atoms with van der Waals surface area (Å²) in [4.78, 5) is 13.7. The van der Waals surface area contributed by atoms with Gasteiger partial charge in [0.2, 0.25) is 0 Å². The number of methoxy groups -OCH3 is 1. The fourth-order valence-corrected chi connectivity index (χ4v) is 2.81. The van der Waals surface area contributed by atoms with E-state index in [0.717, 1.165) is 6.42 Å². The summed E-state index contributed by atoms with van der Waals surface area (Å²) in [6, 6.07) is 4.39. The Hall–Kier alpha value is -1.86. The van der Waals surface area contributed by atoms with Crippen LogP contribution >= 0.6 is 0 Å². The highest BCUT2D eigenvalue weighted by Gasteiger charge is 2.24. The number of nitrogens with zero attached hydrogens (tertiary/aromatic N) is 1. The molecule has 0 aliphatic carbocycles. The maximum atomic E-state index is 14.4. The molecule has 1 aliphatic rings. The molecule has 2 amide bonds. The summed E-state index contributed by atoms with van der Waals surface area (Å²) in [6.07, 6.45) is 0.845. The summed E-state index contributed by atoms with van der Waals surface area (Å²) in [5.74, 6) is -0.353. The van der Waals surface area contributed by atoms with Gasteiger partial charge in [-0.1, -0.05) is 0 Å². The lowest BCUT2D eigenvalue weighted by Gasteiger charge is -2.37. The molecule has 7 heteroatoms. The molecule has 1 aliphatic heterocycles. The molecule has 2 N–H and O–H groups in total. The van der Waals surface area contributed by atoms with Crippen LogP contribution < -0.4 is 15.5 Å². The van der Waals surface area contributed by atoms with Crippen LogP contribution in [-0.2, 0) is 9.47 Å². The average Bonchev–Trinajstić information content (AvgIpc) is 2.50. The van der Waals surface area contributed by atoms with Crippen molar-refractivity contribution in [2.45, 2.75) is 32.5 Å². The Balaban J connectivity index is 1.93. The Morgan fingerprint density at radius 2 is 2.08 bits per heavy atom. The van der Waals surface area contributed by atoms with E-state index in [1.165, 1.54) is 6.07 Å². The summed E-state index contributed by atoms with van der Waals surface area (Å²) in [5, 5.41) is 5.33. The van der Waals surface area contributed by atoms with Crippen LogP contribution in [0.2, 0.25) is 0 Å². The Bertz CT molecular complexity index is 546. The van der Waals surface area contributed by atoms with Crippen LogP contribution in [0.1, 0.15) is 20.3 Å². The van der Waals surface area contributed by atoms with Crippen LogP contribution in [0.15, 0.2) is 18.2 Å². The fourth-order valence-electron chi connectivity index (χ4n) is 2.81. The minimum Gasteiger partial charge on any atom is -0.385 e. The lowest BCUT2D eigenvalue weighted by Crippen LogP contribution is -2.45. The van der Waals surface area contributed by atoms with E-state index in [4.69, 9.17) is 9.47 Å². The highest BCUT2D eigenvalue weighted by Crippen LogP contribution is 2.26. The second kappa shape index (κ2) is 8.84. The molecule has 0 saturated carbocycles. The zero-order chi connectivity index (χ0) is 17.5. The SMILES string of the molecule is COCCCNC(=O)Nc1ccc(N2C[C@H](C)O[C@@H](C)C2)c(F)c1. The Kier molecular flexibility index (Phi) is 6.81. The molecule has 6 nitrogen and oxygen atoms in total. The van der Waals surface area contributed by atoms with Gasteiger partial charge in [0.05, 0.1) is 17.9 Å². The van der Waals surface area contributed by atoms with Crippen molar-refractivity contribution in [3.63, 3.8) is 0 Å². The molecule has 2 atom stereocenters. The summed E-state index contributed by atoms with van der Waals surface area (Å²) < 4.78 is 25.0. The van der Waals surface area contributed by atoms with Crippen molar-refractivity contribution in [2.75, 3.05) is 43.6 Å². The van der Waals surface area contributed by atoms with Gasteiger partial charge in [0.15, 0.2) is 0 Å². The Morgan fingerprint density at radius 1 is 1.38 bits per heavy atom. The van der Waals surface area contributed by atoms with Gasteiger partial charge in [-0.3, -0.25) is 0 Å². The zero-order valence-corrected chi connectivity index (χ0v) is 14.5. The third-order valence-electron chi connectivity index (χ3n) is 3.78. The molecule has 0 aromatic heterocycles. The van der Waals surface area contributed by atoms with E-state index in [-0.39, 0.29) is 24.1 Å². The second-order valence-corrected chi connectivity index (χ2v) is 6.06. The van der Waals surface area contributed by atoms with Crippen molar-refractivity contribution in [3.05, 3.63) is 24.0 Å². The Labute approximate surface area is 142 Å². The number of anilines is 2. The maximum Gasteiger partial charge on any atom is 0.319 e. The van der Waals surface area contributed by atoms with Crippen LogP contribution in [0.4, 0.5) is 20.6 Å². The molecule has 0 spiro atoms. The third-order valence-corrected chi connectivity index (χ3v) is 3.78. The van der Waals surface area contributed by atoms with Crippen molar-refractivity contribution in [1.82, 2.24) is 5.32 Å². The number of amides is 2. The van der Waals surface area contributed by atoms with Gasteiger partial charge in [-0.05, 0) is 38.5 Å². The molecule has 0 bridgehead atoms. The van der Waals surface area contributed by atoms with Gasteiger partial charge in [-0.2, -0.15) is 0 Å². The Morgan fingerprint density at radius 3 is 2.71 bits per heavy atom. The average molecular weight is 339 g/mol. The number of nitrogens with one attached hydrogen (secondary N) is 2. The summed E-state index contributed by atoms with van der Waals surface area (Å²) in [5.41, 5.74) is 0.956. The van der Waals surface area contributed by atoms with E-state index in [0.29, 0.717) is 37.6 Å². The number of ether oxygens (including phenoxy) is 2. The van der Waals surface area contributed by atoms with Crippen LogP contribution in [-0.4, -0.2) is 51.6 Å². The quantitative estimate of drug-likeness (QED) is 0.782. The van der Waals surface area contributed by atoms with Gasteiger partial charge < -0.3 is 25.0 Å². The summed E-state index contributed by atoms with van der Waals surface area (Å²) >= 11 is 0. The highest BCUT2D eigenvalue weighted by atomic mass is 19.1. The fraction of sp³-hybridized carbons (Fsp3) is 0.588. The number of morpholine rings is 1. The smallest absolute Gasteiger partial charge is 0.319 e. The van der Waals surface area contributed by atoms with Crippen LogP contribution in [0, 0.1) is 5.82 Å². The van der Waals surface area contributed by atoms with Gasteiger partial charge in [-0.25, -0.2) is 9.18 Å². The predicted molar refractivity (Wildman–Crippen MR) is 92.1 cm³/mol. The molecule has 1 aromatic rings. The van der Waals surface area contributed by atoms with Crippen LogP contribution in [0.5, 0.6) is 0 Å². The highest BCUT2D eigenvalue weighted by molar-refractivity contribution is 5.89. The summed E-state index contributed by atoms with van der Waals surface area (Å²) in [7, 11) is 1.61. The molecule has 134 valence electrons. The van der Waals surface area contributed by atoms with E-state index in [1.807, 2.05) is 18.7 Å². The minimum atomic E-state index is -0.355. The molecule has 1 fully saturated rings. The number of rotatable bonds is 6. The first-order valence-corrected chi connectivity index (χ1v) is 8.23. The maximum absolute atomic E-state index is 14.4. The van der Waals surface area contributed by atoms with E-state index in [1.54, 1.807) is 19.2 Å². The third kappa shape index (κ3) is 5.35. The molecule has 1 saturated heterocycles. The van der Waals surface area contributed by atoms with Gasteiger partial charge in [0.25, 0.3) is 0 Å². The van der Waals surface area contributed by atoms with Gasteiger partial charge in [-0.15, -0.1) is 0 Å². The van der Waals surface area contributed by atoms with Gasteiger partial charge in [0.1, 0.15) is 5.82 Å². The number of hydrogen-bond acceptors (Lipinski definition) is 4. The monoisotopic (exact) mass is 339 g/mol. The molecule has 0 unspecified atom stereocenters. The molecular weight excluding hydrogens is 313 g/mol. The topological polar surface area (TPSA) is 62.8 Å². The lowest BCUT2D eigenvalue weighted by atomic mass is 10.2. The first-order valence-electron chi connectivity index (χ1n) is 8.23. The largest absolute Gasteiger partial charge is 0.385 e. The first-order chi connectivity index (χ1) is 11.5. The molecule has 1 heterocycles. The van der Waals surface area contributed by atoms with Crippen molar-refractivity contribution in [3.8, 4) is 0 Å². The molecular formula is C17H26FN3O3. The van der Waals surface area contributed by atoms with Gasteiger partial charge >= 0.3 is 6.03 Å². The van der Waals surface area contributed by atoms with Crippen molar-refractivity contribution >= 4 is 17.4 Å². The molecule has 1 aromatic carbocycles. The van der Waals surface area contributed by atoms with Gasteiger partial charge in [0, 0.05) is 39.0 Å². The molecule has 0 radical (unpaired) electrons. The zero-order valence-electron chi connectivity index (χ0n) is 14.5. The van der Waals surface area contributed by atoms with E-state index < -0.39 is 0 Å². The van der Waals surface area contributed by atoms with Crippen molar-refractivity contribution < 1.29 is 18.7 Å². The van der Waals surface area contributed by atoms with E-state index in [9.17, 15) is 9.18 Å². The van der Waals surface area contributed by atoms with Crippen molar-refractivity contribution in [1.29, 1.82) is 0 Å². The number of carbonyl (C=O) groups excluding carboxylic acids is 1. The number of carbonyl (C=O) groups is 1. The van der Waals surface area contributed by atoms with E-state index in [2.05, 4.69) is 10.6 Å². The number of benzene rings is 1.